The molecule has 1 N–H and O–H groups in total. The Bertz CT molecular complexity index is 1010. The van der Waals surface area contributed by atoms with E-state index >= 15 is 0 Å². The quantitative estimate of drug-likeness (QED) is 0.792. The summed E-state index contributed by atoms with van der Waals surface area (Å²) in [4.78, 5) is 29.2. The highest BCUT2D eigenvalue weighted by molar-refractivity contribution is 6.44. The number of carbonyl (C=O) groups excluding carboxylic acids is 2. The van der Waals surface area contributed by atoms with Crippen LogP contribution in [0.1, 0.15) is 12.8 Å². The Morgan fingerprint density at radius 1 is 0.962 bits per heavy atom. The van der Waals surface area contributed by atoms with Crippen LogP contribution in [0.5, 0.6) is 0 Å². The Balaban J connectivity index is 1.62. The van der Waals surface area contributed by atoms with E-state index in [2.05, 4.69) is 15.4 Å². The number of anilines is 2. The molecular weight excluding hydrogens is 328 g/mol. The van der Waals surface area contributed by atoms with Gasteiger partial charge in [-0.25, -0.2) is 5.01 Å². The molecule has 0 radical (unpaired) electrons. The molecule has 0 bridgehead atoms. The molecule has 2 heterocycles. The van der Waals surface area contributed by atoms with Crippen LogP contribution >= 0.6 is 0 Å². The molecule has 0 atom stereocenters. The average Bonchev–Trinajstić information content (AvgIpc) is 2.69. The third-order valence-corrected chi connectivity index (χ3v) is 4.19. The van der Waals surface area contributed by atoms with Crippen LogP contribution < -0.4 is 10.3 Å². The maximum atomic E-state index is 12.7. The number of amides is 2. The first-order valence-electron chi connectivity index (χ1n) is 8.33. The maximum absolute atomic E-state index is 12.7. The molecule has 128 valence electrons. The second kappa shape index (κ2) is 6.76. The van der Waals surface area contributed by atoms with Gasteiger partial charge in [0, 0.05) is 24.4 Å². The van der Waals surface area contributed by atoms with Gasteiger partial charge in [0.15, 0.2) is 0 Å². The van der Waals surface area contributed by atoms with Gasteiger partial charge in [-0.15, -0.1) is 0 Å². The van der Waals surface area contributed by atoms with Gasteiger partial charge >= 0.3 is 0 Å². The Morgan fingerprint density at radius 2 is 1.81 bits per heavy atom. The van der Waals surface area contributed by atoms with Crippen molar-refractivity contribution in [3.63, 3.8) is 0 Å². The van der Waals surface area contributed by atoms with E-state index in [1.807, 2.05) is 48.5 Å². The van der Waals surface area contributed by atoms with Crippen LogP contribution in [0, 0.1) is 0 Å². The van der Waals surface area contributed by atoms with Crippen molar-refractivity contribution in [1.29, 1.82) is 0 Å². The second-order valence-electron chi connectivity index (χ2n) is 5.92. The lowest BCUT2D eigenvalue weighted by molar-refractivity contribution is -0.118. The lowest BCUT2D eigenvalue weighted by Gasteiger charge is -2.23. The predicted octanol–water partition coefficient (Wildman–Crippen LogP) is 3.36. The van der Waals surface area contributed by atoms with E-state index in [4.69, 9.17) is 0 Å². The van der Waals surface area contributed by atoms with Crippen LogP contribution in [-0.2, 0) is 9.59 Å². The number of nitrogens with one attached hydrogen (secondary N) is 1. The van der Waals surface area contributed by atoms with E-state index in [0.717, 1.165) is 10.9 Å². The Hall–Kier alpha value is -3.54. The van der Waals surface area contributed by atoms with Crippen molar-refractivity contribution in [3.05, 3.63) is 66.9 Å². The molecule has 3 aromatic rings. The molecule has 4 rings (SSSR count). The zero-order valence-electron chi connectivity index (χ0n) is 13.9. The van der Waals surface area contributed by atoms with E-state index in [9.17, 15) is 9.59 Å². The molecule has 2 aromatic carbocycles. The van der Waals surface area contributed by atoms with Crippen molar-refractivity contribution in [2.45, 2.75) is 12.8 Å². The first-order valence-corrected chi connectivity index (χ1v) is 8.33. The summed E-state index contributed by atoms with van der Waals surface area (Å²) in [6.07, 6.45) is 2.28. The number of benzene rings is 2. The first kappa shape index (κ1) is 16.0. The number of carbonyl (C=O) groups is 2. The molecule has 2 amide bonds. The first-order chi connectivity index (χ1) is 12.7. The largest absolute Gasteiger partial charge is 0.320 e. The third kappa shape index (κ3) is 3.04. The zero-order chi connectivity index (χ0) is 17.9. The fourth-order valence-electron chi connectivity index (χ4n) is 2.89. The SMILES string of the molecule is O=C(Nc1cccc2ncccc12)C1=NN(c2ccccc2)C(=O)CC1. The Morgan fingerprint density at radius 3 is 2.65 bits per heavy atom. The van der Waals surface area contributed by atoms with Crippen LogP contribution in [0.25, 0.3) is 10.9 Å². The molecule has 0 fully saturated rings. The van der Waals surface area contributed by atoms with Gasteiger partial charge in [-0.05, 0) is 36.4 Å². The van der Waals surface area contributed by atoms with E-state index in [-0.39, 0.29) is 18.2 Å². The normalized spacial score (nSPS) is 14.2. The summed E-state index contributed by atoms with van der Waals surface area (Å²) in [5.74, 6) is -0.433. The van der Waals surface area contributed by atoms with Crippen molar-refractivity contribution in [2.24, 2.45) is 5.10 Å². The summed E-state index contributed by atoms with van der Waals surface area (Å²) in [7, 11) is 0. The van der Waals surface area contributed by atoms with Gasteiger partial charge < -0.3 is 5.32 Å². The average molecular weight is 344 g/mol. The van der Waals surface area contributed by atoms with Crippen molar-refractivity contribution in [1.82, 2.24) is 4.98 Å². The van der Waals surface area contributed by atoms with Gasteiger partial charge in [-0.1, -0.05) is 24.3 Å². The van der Waals surface area contributed by atoms with Crippen molar-refractivity contribution in [3.8, 4) is 0 Å². The highest BCUT2D eigenvalue weighted by Gasteiger charge is 2.25. The van der Waals surface area contributed by atoms with Gasteiger partial charge in [-0.3, -0.25) is 14.6 Å². The summed E-state index contributed by atoms with van der Waals surface area (Å²) in [5, 5.41) is 9.33. The topological polar surface area (TPSA) is 74.7 Å². The summed E-state index contributed by atoms with van der Waals surface area (Å²) in [5.41, 5.74) is 2.45. The molecule has 0 saturated carbocycles. The molecule has 1 aliphatic rings. The van der Waals surface area contributed by atoms with Crippen LogP contribution in [0.3, 0.4) is 0 Å². The third-order valence-electron chi connectivity index (χ3n) is 4.19. The standard InChI is InChI=1S/C20H16N4O2/c25-19-12-11-18(23-24(19)14-6-2-1-3-7-14)20(26)22-17-10-4-9-16-15(17)8-5-13-21-16/h1-10,13H,11-12H2,(H,22,26). The van der Waals surface area contributed by atoms with Gasteiger partial charge in [0.1, 0.15) is 5.71 Å². The number of rotatable bonds is 3. The van der Waals surface area contributed by atoms with Crippen molar-refractivity contribution < 1.29 is 9.59 Å². The van der Waals surface area contributed by atoms with Crippen LogP contribution in [0.2, 0.25) is 0 Å². The Labute approximate surface area is 150 Å². The van der Waals surface area contributed by atoms with Gasteiger partial charge in [0.05, 0.1) is 16.9 Å². The van der Waals surface area contributed by atoms with Crippen LogP contribution in [-0.4, -0.2) is 22.5 Å². The van der Waals surface area contributed by atoms with Crippen molar-refractivity contribution >= 4 is 39.8 Å². The molecule has 0 unspecified atom stereocenters. The minimum Gasteiger partial charge on any atom is -0.320 e. The monoisotopic (exact) mass is 344 g/mol. The van der Waals surface area contributed by atoms with E-state index in [1.165, 1.54) is 5.01 Å². The molecule has 1 aliphatic heterocycles. The molecule has 6 heteroatoms. The minimum absolute atomic E-state index is 0.123. The molecular formula is C20H16N4O2. The lowest BCUT2D eigenvalue weighted by atomic mass is 10.1. The second-order valence-corrected chi connectivity index (χ2v) is 5.92. The number of hydrogen-bond acceptors (Lipinski definition) is 4. The number of aromatic nitrogens is 1. The predicted molar refractivity (Wildman–Crippen MR) is 101 cm³/mol. The molecule has 0 saturated heterocycles. The van der Waals surface area contributed by atoms with Gasteiger partial charge in [0.25, 0.3) is 5.91 Å². The zero-order valence-corrected chi connectivity index (χ0v) is 13.9. The summed E-state index contributed by atoms with van der Waals surface area (Å²) < 4.78 is 0. The maximum Gasteiger partial charge on any atom is 0.271 e. The molecule has 26 heavy (non-hydrogen) atoms. The van der Waals surface area contributed by atoms with E-state index in [1.54, 1.807) is 18.3 Å². The fraction of sp³-hybridized carbons (Fsp3) is 0.100. The Kier molecular flexibility index (Phi) is 4.15. The van der Waals surface area contributed by atoms with Gasteiger partial charge in [-0.2, -0.15) is 5.10 Å². The highest BCUT2D eigenvalue weighted by Crippen LogP contribution is 2.23. The lowest BCUT2D eigenvalue weighted by Crippen LogP contribution is -2.36. The van der Waals surface area contributed by atoms with Crippen molar-refractivity contribution in [2.75, 3.05) is 10.3 Å². The number of para-hydroxylation sites is 1. The summed E-state index contributed by atoms with van der Waals surface area (Å²) >= 11 is 0. The van der Waals surface area contributed by atoms with Crippen LogP contribution in [0.15, 0.2) is 72.0 Å². The van der Waals surface area contributed by atoms with Crippen LogP contribution in [0.4, 0.5) is 11.4 Å². The number of hydrazone groups is 1. The number of nitrogens with zero attached hydrogens (tertiary/aromatic N) is 3. The molecule has 1 aromatic heterocycles. The fourth-order valence-corrected chi connectivity index (χ4v) is 2.89. The van der Waals surface area contributed by atoms with E-state index in [0.29, 0.717) is 23.5 Å². The highest BCUT2D eigenvalue weighted by atomic mass is 16.2. The molecule has 0 spiro atoms. The molecule has 6 nitrogen and oxygen atoms in total. The summed E-state index contributed by atoms with van der Waals surface area (Å²) in [6.45, 7) is 0. The van der Waals surface area contributed by atoms with E-state index < -0.39 is 0 Å². The molecule has 0 aliphatic carbocycles. The summed E-state index contributed by atoms with van der Waals surface area (Å²) in [6, 6.07) is 18.4. The number of hydrogen-bond donors (Lipinski definition) is 1. The number of fused-ring (bicyclic) bond motifs is 1. The number of pyridine rings is 1. The smallest absolute Gasteiger partial charge is 0.271 e. The van der Waals surface area contributed by atoms with Gasteiger partial charge in [0.2, 0.25) is 5.91 Å². The minimum atomic E-state index is -0.310.